The summed E-state index contributed by atoms with van der Waals surface area (Å²) in [6.07, 6.45) is 4.43. The minimum absolute atomic E-state index is 0.479. The fourth-order valence-corrected chi connectivity index (χ4v) is 1.00. The molecular formula is C10H16N2O2. The van der Waals surface area contributed by atoms with Crippen molar-refractivity contribution in [2.45, 2.75) is 0 Å². The van der Waals surface area contributed by atoms with Crippen LogP contribution < -0.4 is 0 Å². The highest BCUT2D eigenvalue weighted by Crippen LogP contribution is 2.09. The molecule has 14 heavy (non-hydrogen) atoms. The lowest BCUT2D eigenvalue weighted by atomic mass is 10.2. The monoisotopic (exact) mass is 196 g/mol. The lowest BCUT2D eigenvalue weighted by Gasteiger charge is -2.17. The number of rotatable bonds is 5. The number of allylic oxidation sites excluding steroid dienone is 2. The van der Waals surface area contributed by atoms with Gasteiger partial charge in [0.1, 0.15) is 6.29 Å². The van der Waals surface area contributed by atoms with E-state index in [9.17, 15) is 9.59 Å². The number of hydrogen-bond acceptors (Lipinski definition) is 4. The minimum atomic E-state index is 0.479. The van der Waals surface area contributed by atoms with E-state index in [1.54, 1.807) is 30.1 Å². The van der Waals surface area contributed by atoms with E-state index in [2.05, 4.69) is 0 Å². The molecule has 0 radical (unpaired) electrons. The Balaban J connectivity index is 5.06. The molecule has 0 atom stereocenters. The van der Waals surface area contributed by atoms with Crippen LogP contribution in [0.3, 0.4) is 0 Å². The third-order valence-electron chi connectivity index (χ3n) is 1.53. The SMILES string of the molecule is CN(C)C=C(C=O)C(=CC=O)N(C)C. The van der Waals surface area contributed by atoms with Crippen molar-refractivity contribution in [2.24, 2.45) is 0 Å². The van der Waals surface area contributed by atoms with Gasteiger partial charge in [0.05, 0.1) is 11.3 Å². The molecule has 0 aromatic rings. The standard InChI is InChI=1S/C10H16N2O2/c1-11(2)7-9(8-14)10(5-6-13)12(3)4/h5-8H,1-4H3. The van der Waals surface area contributed by atoms with Gasteiger partial charge < -0.3 is 9.80 Å². The average molecular weight is 196 g/mol. The maximum absolute atomic E-state index is 10.8. The van der Waals surface area contributed by atoms with Crippen molar-refractivity contribution in [3.05, 3.63) is 23.5 Å². The van der Waals surface area contributed by atoms with Crippen LogP contribution in [0.15, 0.2) is 23.5 Å². The zero-order valence-corrected chi connectivity index (χ0v) is 9.02. The van der Waals surface area contributed by atoms with Crippen molar-refractivity contribution >= 4 is 12.6 Å². The van der Waals surface area contributed by atoms with Gasteiger partial charge in [0.15, 0.2) is 6.29 Å². The first-order valence-corrected chi connectivity index (χ1v) is 4.19. The van der Waals surface area contributed by atoms with Gasteiger partial charge >= 0.3 is 0 Å². The Kier molecular flexibility index (Phi) is 5.29. The molecule has 0 aliphatic heterocycles. The van der Waals surface area contributed by atoms with Crippen LogP contribution in [0.5, 0.6) is 0 Å². The number of carbonyl (C=O) groups is 2. The third-order valence-corrected chi connectivity index (χ3v) is 1.53. The van der Waals surface area contributed by atoms with Crippen LogP contribution in [0.2, 0.25) is 0 Å². The molecule has 0 heterocycles. The van der Waals surface area contributed by atoms with E-state index in [-0.39, 0.29) is 0 Å². The van der Waals surface area contributed by atoms with E-state index in [1.807, 2.05) is 14.1 Å². The van der Waals surface area contributed by atoms with Crippen LogP contribution in [0.25, 0.3) is 0 Å². The maximum Gasteiger partial charge on any atom is 0.153 e. The lowest BCUT2D eigenvalue weighted by molar-refractivity contribution is -0.105. The summed E-state index contributed by atoms with van der Waals surface area (Å²) in [6, 6.07) is 0. The summed E-state index contributed by atoms with van der Waals surface area (Å²) in [5.74, 6) is 0. The number of likely N-dealkylation sites (N-methyl/N-ethyl adjacent to an activating group) is 1. The molecule has 0 aromatic heterocycles. The molecule has 78 valence electrons. The molecule has 0 aliphatic rings. The van der Waals surface area contributed by atoms with Gasteiger partial charge in [-0.15, -0.1) is 0 Å². The Morgan fingerprint density at radius 2 is 1.64 bits per heavy atom. The first-order chi connectivity index (χ1) is 6.52. The number of aldehydes is 2. The van der Waals surface area contributed by atoms with Crippen molar-refractivity contribution in [1.82, 2.24) is 9.80 Å². The Morgan fingerprint density at radius 1 is 1.07 bits per heavy atom. The summed E-state index contributed by atoms with van der Waals surface area (Å²) in [5.41, 5.74) is 1.08. The Bertz CT molecular complexity index is 265. The van der Waals surface area contributed by atoms with Crippen molar-refractivity contribution in [1.29, 1.82) is 0 Å². The van der Waals surface area contributed by atoms with E-state index in [0.29, 0.717) is 17.6 Å². The zero-order chi connectivity index (χ0) is 11.1. The van der Waals surface area contributed by atoms with Crippen molar-refractivity contribution in [2.75, 3.05) is 28.2 Å². The molecule has 0 saturated heterocycles. The van der Waals surface area contributed by atoms with Crippen LogP contribution in [-0.4, -0.2) is 50.6 Å². The van der Waals surface area contributed by atoms with Crippen molar-refractivity contribution in [3.63, 3.8) is 0 Å². The van der Waals surface area contributed by atoms with Gasteiger partial charge in [0.25, 0.3) is 0 Å². The molecule has 0 fully saturated rings. The quantitative estimate of drug-likeness (QED) is 0.359. The number of hydrogen-bond donors (Lipinski definition) is 0. The Morgan fingerprint density at radius 3 is 1.93 bits per heavy atom. The molecule has 0 N–H and O–H groups in total. The highest BCUT2D eigenvalue weighted by atomic mass is 16.1. The van der Waals surface area contributed by atoms with Crippen LogP contribution in [-0.2, 0) is 9.59 Å². The average Bonchev–Trinajstić information content (AvgIpc) is 2.10. The van der Waals surface area contributed by atoms with Gasteiger partial charge in [-0.3, -0.25) is 9.59 Å². The molecule has 0 amide bonds. The fourth-order valence-electron chi connectivity index (χ4n) is 1.00. The first kappa shape index (κ1) is 12.4. The van der Waals surface area contributed by atoms with E-state index in [0.717, 1.165) is 6.29 Å². The normalized spacial score (nSPS) is 12.3. The van der Waals surface area contributed by atoms with Crippen LogP contribution >= 0.6 is 0 Å². The molecule has 0 bridgehead atoms. The fraction of sp³-hybridized carbons (Fsp3) is 0.400. The third kappa shape index (κ3) is 3.89. The summed E-state index contributed by atoms with van der Waals surface area (Å²) in [5, 5.41) is 0. The smallest absolute Gasteiger partial charge is 0.153 e. The Hall–Kier alpha value is -1.58. The molecule has 0 spiro atoms. The largest absolute Gasteiger partial charge is 0.383 e. The van der Waals surface area contributed by atoms with Crippen molar-refractivity contribution in [3.8, 4) is 0 Å². The van der Waals surface area contributed by atoms with Crippen LogP contribution in [0.4, 0.5) is 0 Å². The molecule has 0 rings (SSSR count). The van der Waals surface area contributed by atoms with Gasteiger partial charge in [0.2, 0.25) is 0 Å². The number of carbonyl (C=O) groups excluding carboxylic acids is 2. The molecule has 4 heteroatoms. The van der Waals surface area contributed by atoms with Crippen LogP contribution in [0, 0.1) is 0 Å². The second-order valence-electron chi connectivity index (χ2n) is 3.25. The summed E-state index contributed by atoms with van der Waals surface area (Å²) >= 11 is 0. The zero-order valence-electron chi connectivity index (χ0n) is 9.02. The summed E-state index contributed by atoms with van der Waals surface area (Å²) in [6.45, 7) is 0. The molecular weight excluding hydrogens is 180 g/mol. The summed E-state index contributed by atoms with van der Waals surface area (Å²) in [7, 11) is 7.19. The molecule has 0 aromatic carbocycles. The van der Waals surface area contributed by atoms with E-state index in [1.165, 1.54) is 6.08 Å². The predicted octanol–water partition coefficient (Wildman–Crippen LogP) is 0.275. The topological polar surface area (TPSA) is 40.6 Å². The molecule has 4 nitrogen and oxygen atoms in total. The summed E-state index contributed by atoms with van der Waals surface area (Å²) in [4.78, 5) is 24.6. The van der Waals surface area contributed by atoms with Gasteiger partial charge in [-0.1, -0.05) is 0 Å². The lowest BCUT2D eigenvalue weighted by Crippen LogP contribution is -2.16. The van der Waals surface area contributed by atoms with Gasteiger partial charge in [0, 0.05) is 40.5 Å². The number of nitrogens with zero attached hydrogens (tertiary/aromatic N) is 2. The van der Waals surface area contributed by atoms with Gasteiger partial charge in [-0.25, -0.2) is 0 Å². The second kappa shape index (κ2) is 5.96. The molecule has 0 saturated carbocycles. The minimum Gasteiger partial charge on any atom is -0.383 e. The molecule has 0 unspecified atom stereocenters. The van der Waals surface area contributed by atoms with Gasteiger partial charge in [-0.2, -0.15) is 0 Å². The predicted molar refractivity (Wildman–Crippen MR) is 55.7 cm³/mol. The first-order valence-electron chi connectivity index (χ1n) is 4.19. The van der Waals surface area contributed by atoms with Gasteiger partial charge in [-0.05, 0) is 0 Å². The van der Waals surface area contributed by atoms with E-state index >= 15 is 0 Å². The second-order valence-corrected chi connectivity index (χ2v) is 3.25. The van der Waals surface area contributed by atoms with Crippen molar-refractivity contribution < 1.29 is 9.59 Å². The molecule has 0 aliphatic carbocycles. The van der Waals surface area contributed by atoms with E-state index < -0.39 is 0 Å². The Labute approximate surface area is 84.5 Å². The van der Waals surface area contributed by atoms with E-state index in [4.69, 9.17) is 0 Å². The highest BCUT2D eigenvalue weighted by Gasteiger charge is 2.06. The summed E-state index contributed by atoms with van der Waals surface area (Å²) < 4.78 is 0. The van der Waals surface area contributed by atoms with Crippen LogP contribution in [0.1, 0.15) is 0 Å². The maximum atomic E-state index is 10.8. The highest BCUT2D eigenvalue weighted by molar-refractivity contribution is 5.82.